The summed E-state index contributed by atoms with van der Waals surface area (Å²) in [5.41, 5.74) is 7.13. The highest BCUT2D eigenvalue weighted by molar-refractivity contribution is 5.03. The lowest BCUT2D eigenvalue weighted by Gasteiger charge is -2.28. The van der Waals surface area contributed by atoms with E-state index in [0.717, 1.165) is 31.8 Å². The van der Waals surface area contributed by atoms with Crippen LogP contribution in [0.5, 0.6) is 0 Å². The maximum Gasteiger partial charge on any atom is 0.0659 e. The van der Waals surface area contributed by atoms with Crippen LogP contribution in [0.25, 0.3) is 0 Å². The molecule has 16 heavy (non-hydrogen) atoms. The molecule has 1 unspecified atom stereocenters. The number of aromatic nitrogens is 1. The van der Waals surface area contributed by atoms with Crippen molar-refractivity contribution in [2.45, 2.75) is 18.5 Å². The summed E-state index contributed by atoms with van der Waals surface area (Å²) in [4.78, 5) is 6.51. The van der Waals surface area contributed by atoms with Crippen molar-refractivity contribution in [3.05, 3.63) is 30.1 Å². The molecule has 0 saturated carbocycles. The van der Waals surface area contributed by atoms with Gasteiger partial charge in [-0.05, 0) is 25.6 Å². The molecule has 2 heterocycles. The first kappa shape index (κ1) is 11.5. The van der Waals surface area contributed by atoms with Crippen LogP contribution < -0.4 is 5.73 Å². The average molecular weight is 221 g/mol. The molecule has 0 bridgehead atoms. The molecule has 1 aliphatic heterocycles. The van der Waals surface area contributed by atoms with Gasteiger partial charge in [-0.25, -0.2) is 0 Å². The number of ether oxygens (including phenoxy) is 1. The smallest absolute Gasteiger partial charge is 0.0659 e. The van der Waals surface area contributed by atoms with Crippen LogP contribution in [0, 0.1) is 0 Å². The first-order chi connectivity index (χ1) is 7.68. The molecule has 2 rings (SSSR count). The number of likely N-dealkylation sites (N-methyl/N-ethyl adjacent to an activating group) is 1. The third-order valence-electron chi connectivity index (χ3n) is 2.88. The monoisotopic (exact) mass is 221 g/mol. The van der Waals surface area contributed by atoms with Crippen molar-refractivity contribution in [3.63, 3.8) is 0 Å². The largest absolute Gasteiger partial charge is 0.379 e. The molecule has 0 radical (unpaired) electrons. The molecular weight excluding hydrogens is 202 g/mol. The second kappa shape index (κ2) is 4.91. The van der Waals surface area contributed by atoms with E-state index in [4.69, 9.17) is 10.5 Å². The standard InChI is InChI=1S/C12H19N3O/c1-15(8-11-4-2-3-6-14-11)9-12(13)5-7-16-10-12/h2-4,6H,5,7-10,13H2,1H3. The van der Waals surface area contributed by atoms with Gasteiger partial charge < -0.3 is 10.5 Å². The number of rotatable bonds is 4. The fourth-order valence-electron chi connectivity index (χ4n) is 2.11. The molecule has 0 aliphatic carbocycles. The molecule has 1 atom stereocenters. The summed E-state index contributed by atoms with van der Waals surface area (Å²) in [6.45, 7) is 3.14. The van der Waals surface area contributed by atoms with Gasteiger partial charge in [0.15, 0.2) is 0 Å². The Hall–Kier alpha value is -0.970. The van der Waals surface area contributed by atoms with E-state index in [1.807, 2.05) is 24.4 Å². The van der Waals surface area contributed by atoms with Gasteiger partial charge in [-0.1, -0.05) is 6.07 Å². The summed E-state index contributed by atoms with van der Waals surface area (Å²) in [6, 6.07) is 5.97. The Kier molecular flexibility index (Phi) is 3.53. The minimum absolute atomic E-state index is 0.177. The van der Waals surface area contributed by atoms with Gasteiger partial charge in [-0.2, -0.15) is 0 Å². The molecule has 4 heteroatoms. The molecule has 0 amide bonds. The van der Waals surface area contributed by atoms with Crippen LogP contribution >= 0.6 is 0 Å². The zero-order valence-corrected chi connectivity index (χ0v) is 9.72. The SMILES string of the molecule is CN(Cc1ccccn1)CC1(N)CCOC1. The summed E-state index contributed by atoms with van der Waals surface area (Å²) in [7, 11) is 2.07. The van der Waals surface area contributed by atoms with E-state index in [1.165, 1.54) is 0 Å². The molecule has 2 N–H and O–H groups in total. The summed E-state index contributed by atoms with van der Waals surface area (Å²) >= 11 is 0. The zero-order valence-electron chi connectivity index (χ0n) is 9.72. The number of hydrogen-bond donors (Lipinski definition) is 1. The number of hydrogen-bond acceptors (Lipinski definition) is 4. The Morgan fingerprint density at radius 2 is 2.44 bits per heavy atom. The molecule has 4 nitrogen and oxygen atoms in total. The molecule has 1 aromatic heterocycles. The zero-order chi connectivity index (χ0) is 11.4. The molecule has 88 valence electrons. The lowest BCUT2D eigenvalue weighted by atomic mass is 10.00. The van der Waals surface area contributed by atoms with Crippen LogP contribution in [0.15, 0.2) is 24.4 Å². The first-order valence-electron chi connectivity index (χ1n) is 5.63. The summed E-state index contributed by atoms with van der Waals surface area (Å²) in [6.07, 6.45) is 2.76. The van der Waals surface area contributed by atoms with Crippen LogP contribution in [0.1, 0.15) is 12.1 Å². The summed E-state index contributed by atoms with van der Waals surface area (Å²) < 4.78 is 5.34. The van der Waals surface area contributed by atoms with E-state index in [-0.39, 0.29) is 5.54 Å². The van der Waals surface area contributed by atoms with Crippen molar-refractivity contribution in [1.29, 1.82) is 0 Å². The van der Waals surface area contributed by atoms with Crippen LogP contribution in [0.3, 0.4) is 0 Å². The van der Waals surface area contributed by atoms with Crippen molar-refractivity contribution >= 4 is 0 Å². The minimum atomic E-state index is -0.177. The topological polar surface area (TPSA) is 51.4 Å². The molecule has 1 aliphatic rings. The fraction of sp³-hybridized carbons (Fsp3) is 0.583. The number of pyridine rings is 1. The van der Waals surface area contributed by atoms with Crippen molar-refractivity contribution in [3.8, 4) is 0 Å². The first-order valence-corrected chi connectivity index (χ1v) is 5.63. The maximum absolute atomic E-state index is 6.23. The Morgan fingerprint density at radius 3 is 3.06 bits per heavy atom. The number of nitrogens with two attached hydrogens (primary N) is 1. The summed E-state index contributed by atoms with van der Waals surface area (Å²) in [5, 5.41) is 0. The lowest BCUT2D eigenvalue weighted by Crippen LogP contribution is -2.49. The Morgan fingerprint density at radius 1 is 1.56 bits per heavy atom. The van der Waals surface area contributed by atoms with Crippen LogP contribution in [0.4, 0.5) is 0 Å². The van der Waals surface area contributed by atoms with Crippen LogP contribution in [-0.2, 0) is 11.3 Å². The van der Waals surface area contributed by atoms with E-state index in [9.17, 15) is 0 Å². The van der Waals surface area contributed by atoms with Gasteiger partial charge >= 0.3 is 0 Å². The van der Waals surface area contributed by atoms with Crippen LogP contribution in [-0.4, -0.2) is 42.2 Å². The van der Waals surface area contributed by atoms with E-state index in [1.54, 1.807) is 0 Å². The van der Waals surface area contributed by atoms with Gasteiger partial charge in [0.2, 0.25) is 0 Å². The molecule has 1 saturated heterocycles. The maximum atomic E-state index is 6.23. The molecule has 1 aromatic rings. The highest BCUT2D eigenvalue weighted by Gasteiger charge is 2.31. The summed E-state index contributed by atoms with van der Waals surface area (Å²) in [5.74, 6) is 0. The Balaban J connectivity index is 1.86. The third-order valence-corrected chi connectivity index (χ3v) is 2.88. The highest BCUT2D eigenvalue weighted by Crippen LogP contribution is 2.17. The van der Waals surface area contributed by atoms with Gasteiger partial charge in [0, 0.05) is 25.9 Å². The minimum Gasteiger partial charge on any atom is -0.379 e. The predicted molar refractivity (Wildman–Crippen MR) is 62.9 cm³/mol. The van der Waals surface area contributed by atoms with Gasteiger partial charge in [0.1, 0.15) is 0 Å². The van der Waals surface area contributed by atoms with E-state index < -0.39 is 0 Å². The molecule has 0 aromatic carbocycles. The molecule has 1 fully saturated rings. The molecule has 0 spiro atoms. The second-order valence-corrected chi connectivity index (χ2v) is 4.66. The van der Waals surface area contributed by atoms with Crippen molar-refractivity contribution < 1.29 is 4.74 Å². The van der Waals surface area contributed by atoms with E-state index in [0.29, 0.717) is 6.61 Å². The van der Waals surface area contributed by atoms with Gasteiger partial charge in [0.05, 0.1) is 17.8 Å². The molecular formula is C12H19N3O. The van der Waals surface area contributed by atoms with Crippen molar-refractivity contribution in [2.75, 3.05) is 26.8 Å². The van der Waals surface area contributed by atoms with E-state index >= 15 is 0 Å². The Labute approximate surface area is 96.4 Å². The van der Waals surface area contributed by atoms with Gasteiger partial charge in [0.25, 0.3) is 0 Å². The third kappa shape index (κ3) is 3.01. The van der Waals surface area contributed by atoms with Gasteiger partial charge in [-0.15, -0.1) is 0 Å². The number of nitrogens with zero attached hydrogens (tertiary/aromatic N) is 2. The predicted octanol–water partition coefficient (Wildman–Crippen LogP) is 0.631. The quantitative estimate of drug-likeness (QED) is 0.810. The Bertz CT molecular complexity index is 322. The average Bonchev–Trinajstić information content (AvgIpc) is 2.66. The van der Waals surface area contributed by atoms with Crippen molar-refractivity contribution in [1.82, 2.24) is 9.88 Å². The highest BCUT2D eigenvalue weighted by atomic mass is 16.5. The second-order valence-electron chi connectivity index (χ2n) is 4.66. The normalized spacial score (nSPS) is 25.2. The van der Waals surface area contributed by atoms with Crippen LogP contribution in [0.2, 0.25) is 0 Å². The van der Waals surface area contributed by atoms with Crippen molar-refractivity contribution in [2.24, 2.45) is 5.73 Å². The van der Waals surface area contributed by atoms with Gasteiger partial charge in [-0.3, -0.25) is 9.88 Å². The fourth-order valence-corrected chi connectivity index (χ4v) is 2.11. The van der Waals surface area contributed by atoms with E-state index in [2.05, 4.69) is 16.9 Å². The lowest BCUT2D eigenvalue weighted by molar-refractivity contribution is 0.159.